The van der Waals surface area contributed by atoms with Gasteiger partial charge in [-0.05, 0) is 120 Å². The van der Waals surface area contributed by atoms with Crippen LogP contribution in [0.2, 0.25) is 0 Å². The van der Waals surface area contributed by atoms with Crippen LogP contribution >= 0.6 is 0 Å². The lowest BCUT2D eigenvalue weighted by molar-refractivity contribution is 0.669. The Morgan fingerprint density at radius 2 is 0.735 bits per heavy atom. The second-order valence-electron chi connectivity index (χ2n) is 18.0. The van der Waals surface area contributed by atoms with Crippen LogP contribution in [-0.4, -0.2) is 9.97 Å². The highest BCUT2D eigenvalue weighted by molar-refractivity contribution is 6.12. The Balaban J connectivity index is 1.06. The molecule has 0 saturated carbocycles. The van der Waals surface area contributed by atoms with E-state index in [1.807, 2.05) is 24.3 Å². The number of hydrogen-bond donors (Lipinski definition) is 0. The molecule has 0 bridgehead atoms. The predicted molar refractivity (Wildman–Crippen MR) is 278 cm³/mol. The lowest BCUT2D eigenvalue weighted by atomic mass is 9.66. The molecule has 2 aliphatic carbocycles. The molecule has 12 aromatic rings. The maximum Gasteiger partial charge on any atom is 0.161 e. The first-order valence-electron chi connectivity index (χ1n) is 23.3. The zero-order chi connectivity index (χ0) is 44.8. The van der Waals surface area contributed by atoms with Gasteiger partial charge in [0.05, 0.1) is 16.8 Å². The van der Waals surface area contributed by atoms with Gasteiger partial charge >= 0.3 is 0 Å². The number of rotatable bonds is 5. The highest BCUT2D eigenvalue weighted by Crippen LogP contribution is 2.61. The Morgan fingerprint density at radius 3 is 1.37 bits per heavy atom. The third-order valence-corrected chi connectivity index (χ3v) is 14.3. The Hall–Kier alpha value is -8.92. The van der Waals surface area contributed by atoms with Gasteiger partial charge < -0.3 is 4.42 Å². The van der Waals surface area contributed by atoms with Crippen molar-refractivity contribution in [3.8, 4) is 89.5 Å². The average Bonchev–Trinajstić information content (AvgIpc) is 3.92. The molecule has 0 saturated heterocycles. The van der Waals surface area contributed by atoms with E-state index in [1.165, 1.54) is 55.6 Å². The van der Waals surface area contributed by atoms with Crippen LogP contribution in [0.4, 0.5) is 0 Å². The normalized spacial score (nSPS) is 12.8. The molecule has 10 aromatic carbocycles. The van der Waals surface area contributed by atoms with E-state index in [1.54, 1.807) is 0 Å². The lowest BCUT2D eigenvalue weighted by Crippen LogP contribution is -2.29. The third-order valence-electron chi connectivity index (χ3n) is 14.3. The van der Waals surface area contributed by atoms with Gasteiger partial charge in [-0.15, -0.1) is 0 Å². The quantitative estimate of drug-likeness (QED) is 0.173. The van der Waals surface area contributed by atoms with Crippen molar-refractivity contribution >= 4 is 21.9 Å². The number of furan rings is 1. The van der Waals surface area contributed by atoms with E-state index in [2.05, 4.69) is 218 Å². The monoisotopic (exact) mass is 864 g/mol. The van der Waals surface area contributed by atoms with Gasteiger partial charge in [0.25, 0.3) is 0 Å². The molecule has 1 spiro atoms. The summed E-state index contributed by atoms with van der Waals surface area (Å²) in [6.07, 6.45) is 0. The summed E-state index contributed by atoms with van der Waals surface area (Å²) in [5.41, 5.74) is 22.8. The van der Waals surface area contributed by atoms with Crippen molar-refractivity contribution in [2.75, 3.05) is 0 Å². The minimum absolute atomic E-state index is 0.567. The van der Waals surface area contributed by atoms with Crippen molar-refractivity contribution in [2.45, 2.75) is 5.41 Å². The molecule has 0 atom stereocenters. The van der Waals surface area contributed by atoms with E-state index in [9.17, 15) is 0 Å². The summed E-state index contributed by atoms with van der Waals surface area (Å²) in [5.74, 6) is 0.638. The topological polar surface area (TPSA) is 38.9 Å². The summed E-state index contributed by atoms with van der Waals surface area (Å²) in [6.45, 7) is 0. The minimum Gasteiger partial charge on any atom is -0.456 e. The van der Waals surface area contributed by atoms with E-state index >= 15 is 0 Å². The first kappa shape index (κ1) is 38.4. The van der Waals surface area contributed by atoms with Crippen LogP contribution in [0.3, 0.4) is 0 Å². The Labute approximate surface area is 394 Å². The number of fused-ring (bicyclic) bond motifs is 15. The number of aromatic nitrogens is 2. The number of nitrogens with zero attached hydrogens (tertiary/aromatic N) is 2. The largest absolute Gasteiger partial charge is 0.456 e. The van der Waals surface area contributed by atoms with Crippen LogP contribution in [0.1, 0.15) is 22.3 Å². The molecule has 3 nitrogen and oxygen atoms in total. The highest BCUT2D eigenvalue weighted by atomic mass is 16.3. The molecular formula is C65H40N2O. The fourth-order valence-electron chi connectivity index (χ4n) is 11.4. The molecule has 0 amide bonds. The summed E-state index contributed by atoms with van der Waals surface area (Å²) in [4.78, 5) is 11.1. The summed E-state index contributed by atoms with van der Waals surface area (Å²) in [7, 11) is 0. The van der Waals surface area contributed by atoms with Crippen molar-refractivity contribution in [3.05, 3.63) is 265 Å². The number of para-hydroxylation sites is 1. The molecule has 0 fully saturated rings. The van der Waals surface area contributed by atoms with Crippen molar-refractivity contribution < 1.29 is 4.42 Å². The Bertz CT molecular complexity index is 3870. The van der Waals surface area contributed by atoms with E-state index in [0.717, 1.165) is 72.3 Å². The van der Waals surface area contributed by atoms with Crippen LogP contribution in [-0.2, 0) is 5.41 Å². The number of hydrogen-bond acceptors (Lipinski definition) is 3. The molecule has 68 heavy (non-hydrogen) atoms. The van der Waals surface area contributed by atoms with Crippen LogP contribution < -0.4 is 0 Å². The van der Waals surface area contributed by atoms with E-state index in [-0.39, 0.29) is 0 Å². The number of benzene rings is 10. The second-order valence-corrected chi connectivity index (χ2v) is 18.0. The molecule has 0 N–H and O–H groups in total. The molecule has 3 heteroatoms. The average molecular weight is 865 g/mol. The van der Waals surface area contributed by atoms with Gasteiger partial charge in [0.1, 0.15) is 11.2 Å². The molecule has 0 radical (unpaired) electrons. The van der Waals surface area contributed by atoms with Gasteiger partial charge in [-0.3, -0.25) is 0 Å². The van der Waals surface area contributed by atoms with Crippen LogP contribution in [0.15, 0.2) is 247 Å². The lowest BCUT2D eigenvalue weighted by Gasteiger charge is -2.35. The van der Waals surface area contributed by atoms with Crippen LogP contribution in [0.25, 0.3) is 111 Å². The fourth-order valence-corrected chi connectivity index (χ4v) is 11.4. The Morgan fingerprint density at radius 1 is 0.279 bits per heavy atom. The molecule has 14 rings (SSSR count). The van der Waals surface area contributed by atoms with Gasteiger partial charge in [-0.1, -0.05) is 200 Å². The van der Waals surface area contributed by atoms with Crippen molar-refractivity contribution in [2.24, 2.45) is 0 Å². The molecular weight excluding hydrogens is 825 g/mol. The second kappa shape index (κ2) is 15.1. The summed E-state index contributed by atoms with van der Waals surface area (Å²) < 4.78 is 6.45. The van der Waals surface area contributed by atoms with Gasteiger partial charge in [-0.2, -0.15) is 0 Å². The molecule has 316 valence electrons. The van der Waals surface area contributed by atoms with Gasteiger partial charge in [0, 0.05) is 27.5 Å². The maximum absolute atomic E-state index is 6.45. The smallest absolute Gasteiger partial charge is 0.161 e. The van der Waals surface area contributed by atoms with Crippen molar-refractivity contribution in [3.63, 3.8) is 0 Å². The van der Waals surface area contributed by atoms with Crippen LogP contribution in [0, 0.1) is 0 Å². The first-order chi connectivity index (χ1) is 33.7. The van der Waals surface area contributed by atoms with Gasteiger partial charge in [0.15, 0.2) is 5.82 Å². The summed E-state index contributed by atoms with van der Waals surface area (Å²) >= 11 is 0. The third kappa shape index (κ3) is 5.72. The van der Waals surface area contributed by atoms with Crippen molar-refractivity contribution in [1.82, 2.24) is 9.97 Å². The summed E-state index contributed by atoms with van der Waals surface area (Å²) in [6, 6.07) is 87.8. The molecule has 0 unspecified atom stereocenters. The van der Waals surface area contributed by atoms with E-state index in [0.29, 0.717) is 5.82 Å². The Kier molecular flexibility index (Phi) is 8.50. The fraction of sp³-hybridized carbons (Fsp3) is 0.0154. The van der Waals surface area contributed by atoms with E-state index in [4.69, 9.17) is 14.4 Å². The molecule has 2 heterocycles. The van der Waals surface area contributed by atoms with Crippen LogP contribution in [0.5, 0.6) is 0 Å². The zero-order valence-electron chi connectivity index (χ0n) is 36.9. The summed E-state index contributed by atoms with van der Waals surface area (Å²) in [5, 5.41) is 2.04. The standard InChI is InChI=1S/C65H40N2O/c1-3-18-41(19-4-1)44-36-45(42-20-5-2-6-21-42)38-46(37-44)60-40-59(66-64(67-60)53-28-17-33-62-63(53)52-27-12-16-32-61(52)68-62)43-34-35-58-54(39-43)48-23-8-7-22-47(48)49-24-9-13-29-55(49)65(58)56-30-14-10-25-50(56)51-26-11-15-31-57(51)65/h1-40H. The molecule has 2 aliphatic rings. The SMILES string of the molecule is c1ccc(-c2cc(-c3ccccc3)cc(-c3cc(-c4ccc5c(c4)-c4ccccc4-c4ccccc4C54c5ccccc5-c5ccccc54)nc(-c4cccc5oc6ccccc6c45)n3)c2)cc1. The van der Waals surface area contributed by atoms with Gasteiger partial charge in [-0.25, -0.2) is 9.97 Å². The maximum atomic E-state index is 6.45. The minimum atomic E-state index is -0.567. The first-order valence-corrected chi connectivity index (χ1v) is 23.3. The van der Waals surface area contributed by atoms with Crippen molar-refractivity contribution in [1.29, 1.82) is 0 Å². The highest BCUT2D eigenvalue weighted by Gasteiger charge is 2.49. The zero-order valence-corrected chi connectivity index (χ0v) is 36.9. The predicted octanol–water partition coefficient (Wildman–Crippen LogP) is 16.7. The van der Waals surface area contributed by atoms with E-state index < -0.39 is 5.41 Å². The van der Waals surface area contributed by atoms with Gasteiger partial charge in [0.2, 0.25) is 0 Å². The molecule has 0 aliphatic heterocycles. The molecule has 2 aromatic heterocycles.